The molecule has 0 spiro atoms. The van der Waals surface area contributed by atoms with E-state index in [1.165, 1.54) is 65.3 Å². The molecule has 0 saturated carbocycles. The number of hydrogen-bond donors (Lipinski definition) is 0. The summed E-state index contributed by atoms with van der Waals surface area (Å²) in [5.74, 6) is 0. The van der Waals surface area contributed by atoms with Crippen LogP contribution in [-0.2, 0) is 0 Å². The van der Waals surface area contributed by atoms with E-state index in [0.29, 0.717) is 0 Å². The summed E-state index contributed by atoms with van der Waals surface area (Å²) in [5.41, 5.74) is 5.91. The lowest BCUT2D eigenvalue weighted by atomic mass is 9.98. The van der Waals surface area contributed by atoms with Crippen LogP contribution in [0.15, 0.2) is 140 Å². The number of rotatable bonds is 2. The van der Waals surface area contributed by atoms with Gasteiger partial charge in [-0.2, -0.15) is 0 Å². The van der Waals surface area contributed by atoms with Crippen LogP contribution in [0.1, 0.15) is 0 Å². The van der Waals surface area contributed by atoms with Crippen molar-refractivity contribution in [2.45, 2.75) is 0 Å². The summed E-state index contributed by atoms with van der Waals surface area (Å²) >= 11 is 0. The molecular formula is C37H23N3. The fraction of sp³-hybridized carbons (Fsp3) is 0. The quantitative estimate of drug-likeness (QED) is 0.227. The summed E-state index contributed by atoms with van der Waals surface area (Å²) in [6.07, 6.45) is 6.10. The Bertz CT molecular complexity index is 2420. The molecule has 0 aliphatic rings. The Morgan fingerprint density at radius 3 is 2.00 bits per heavy atom. The molecule has 40 heavy (non-hydrogen) atoms. The van der Waals surface area contributed by atoms with E-state index in [0.717, 1.165) is 11.1 Å². The van der Waals surface area contributed by atoms with E-state index in [-0.39, 0.29) is 0 Å². The molecule has 0 fully saturated rings. The van der Waals surface area contributed by atoms with Crippen LogP contribution in [0.2, 0.25) is 0 Å². The topological polar surface area (TPSA) is 22.8 Å². The van der Waals surface area contributed by atoms with E-state index in [1.54, 1.807) is 0 Å². The van der Waals surface area contributed by atoms with Crippen molar-refractivity contribution in [2.75, 3.05) is 0 Å². The third-order valence-corrected chi connectivity index (χ3v) is 8.39. The maximum absolute atomic E-state index is 4.59. The van der Waals surface area contributed by atoms with Gasteiger partial charge in [-0.3, -0.25) is 4.98 Å². The lowest BCUT2D eigenvalue weighted by Gasteiger charge is -2.12. The Labute approximate surface area is 230 Å². The second kappa shape index (κ2) is 8.05. The fourth-order valence-corrected chi connectivity index (χ4v) is 6.66. The molecule has 0 saturated heterocycles. The highest BCUT2D eigenvalue weighted by molar-refractivity contribution is 6.30. The maximum Gasteiger partial charge on any atom is 0.0718 e. The third kappa shape index (κ3) is 2.86. The predicted molar refractivity (Wildman–Crippen MR) is 168 cm³/mol. The highest BCUT2D eigenvalue weighted by Gasteiger charge is 2.19. The lowest BCUT2D eigenvalue weighted by molar-refractivity contribution is 1.12. The smallest absolute Gasteiger partial charge is 0.0718 e. The van der Waals surface area contributed by atoms with Gasteiger partial charge in [-0.1, -0.05) is 91.0 Å². The fourth-order valence-electron chi connectivity index (χ4n) is 6.66. The van der Waals surface area contributed by atoms with Crippen LogP contribution in [0, 0.1) is 0 Å². The van der Waals surface area contributed by atoms with Crippen molar-refractivity contribution >= 4 is 65.0 Å². The minimum atomic E-state index is 1.10. The van der Waals surface area contributed by atoms with E-state index < -0.39 is 0 Å². The summed E-state index contributed by atoms with van der Waals surface area (Å²) in [5, 5.41) is 11.2. The highest BCUT2D eigenvalue weighted by Crippen LogP contribution is 2.42. The van der Waals surface area contributed by atoms with Gasteiger partial charge in [0.25, 0.3) is 0 Å². The SMILES string of the molecule is c1ccc(-n2c3ccc4ccccc4c3c3c4ccc5ccn(-c6cncc7ccccc67)c5c4ccc32)cc1. The van der Waals surface area contributed by atoms with Crippen LogP contribution in [0.25, 0.3) is 76.4 Å². The Morgan fingerprint density at radius 1 is 0.450 bits per heavy atom. The van der Waals surface area contributed by atoms with Gasteiger partial charge in [0, 0.05) is 50.4 Å². The van der Waals surface area contributed by atoms with Gasteiger partial charge in [0.2, 0.25) is 0 Å². The number of fused-ring (bicyclic) bond motifs is 10. The second-order valence-corrected chi connectivity index (χ2v) is 10.5. The molecule has 3 heteroatoms. The molecule has 0 aliphatic carbocycles. The molecule has 3 heterocycles. The Morgan fingerprint density at radius 2 is 1.12 bits per heavy atom. The summed E-state index contributed by atoms with van der Waals surface area (Å²) < 4.78 is 4.72. The first kappa shape index (κ1) is 21.5. The zero-order valence-electron chi connectivity index (χ0n) is 21.6. The van der Waals surface area contributed by atoms with Gasteiger partial charge < -0.3 is 9.13 Å². The Hall–Kier alpha value is -5.41. The minimum Gasteiger partial charge on any atom is -0.314 e. The number of para-hydroxylation sites is 1. The molecule has 0 unspecified atom stereocenters. The first-order chi connectivity index (χ1) is 19.9. The van der Waals surface area contributed by atoms with Crippen LogP contribution in [0.5, 0.6) is 0 Å². The molecule has 0 N–H and O–H groups in total. The van der Waals surface area contributed by atoms with Crippen LogP contribution >= 0.6 is 0 Å². The van der Waals surface area contributed by atoms with Crippen molar-refractivity contribution in [3.63, 3.8) is 0 Å². The second-order valence-electron chi connectivity index (χ2n) is 10.5. The van der Waals surface area contributed by atoms with Gasteiger partial charge in [-0.05, 0) is 46.5 Å². The van der Waals surface area contributed by atoms with Crippen molar-refractivity contribution in [1.82, 2.24) is 14.1 Å². The molecule has 0 bridgehead atoms. The van der Waals surface area contributed by atoms with Gasteiger partial charge in [0.15, 0.2) is 0 Å². The summed E-state index contributed by atoms with van der Waals surface area (Å²) in [7, 11) is 0. The van der Waals surface area contributed by atoms with Crippen molar-refractivity contribution in [2.24, 2.45) is 0 Å². The normalized spacial score (nSPS) is 12.0. The molecule has 9 rings (SSSR count). The van der Waals surface area contributed by atoms with Gasteiger partial charge in [-0.15, -0.1) is 0 Å². The van der Waals surface area contributed by atoms with Crippen LogP contribution in [-0.4, -0.2) is 14.1 Å². The first-order valence-corrected chi connectivity index (χ1v) is 13.6. The maximum atomic E-state index is 4.59. The first-order valence-electron chi connectivity index (χ1n) is 13.6. The average Bonchev–Trinajstić information content (AvgIpc) is 3.61. The molecule has 3 aromatic heterocycles. The van der Waals surface area contributed by atoms with E-state index in [9.17, 15) is 0 Å². The number of hydrogen-bond acceptors (Lipinski definition) is 1. The van der Waals surface area contributed by atoms with Gasteiger partial charge in [0.05, 0.1) is 28.4 Å². The molecule has 9 aromatic rings. The zero-order valence-corrected chi connectivity index (χ0v) is 21.6. The van der Waals surface area contributed by atoms with Gasteiger partial charge in [-0.25, -0.2) is 0 Å². The number of nitrogens with zero attached hydrogens (tertiary/aromatic N) is 3. The minimum absolute atomic E-state index is 1.10. The monoisotopic (exact) mass is 509 g/mol. The van der Waals surface area contributed by atoms with Crippen molar-refractivity contribution in [1.29, 1.82) is 0 Å². The molecule has 0 aliphatic heterocycles. The van der Waals surface area contributed by atoms with Gasteiger partial charge >= 0.3 is 0 Å². The van der Waals surface area contributed by atoms with E-state index >= 15 is 0 Å². The molecule has 186 valence electrons. The lowest BCUT2D eigenvalue weighted by Crippen LogP contribution is -1.96. The Balaban J connectivity index is 1.48. The number of aromatic nitrogens is 3. The van der Waals surface area contributed by atoms with Crippen LogP contribution in [0.3, 0.4) is 0 Å². The van der Waals surface area contributed by atoms with E-state index in [4.69, 9.17) is 0 Å². The van der Waals surface area contributed by atoms with Crippen molar-refractivity contribution < 1.29 is 0 Å². The highest BCUT2D eigenvalue weighted by atomic mass is 15.0. The summed E-state index contributed by atoms with van der Waals surface area (Å²) in [6, 6.07) is 43.8. The van der Waals surface area contributed by atoms with E-state index in [2.05, 4.69) is 142 Å². The molecule has 0 radical (unpaired) electrons. The third-order valence-electron chi connectivity index (χ3n) is 8.39. The molecule has 6 aromatic carbocycles. The molecule has 3 nitrogen and oxygen atoms in total. The molecule has 0 atom stereocenters. The summed E-state index contributed by atoms with van der Waals surface area (Å²) in [6.45, 7) is 0. The molecular weight excluding hydrogens is 486 g/mol. The van der Waals surface area contributed by atoms with E-state index in [1.807, 2.05) is 12.4 Å². The predicted octanol–water partition coefficient (Wildman–Crippen LogP) is 9.58. The average molecular weight is 510 g/mol. The number of benzene rings is 6. The van der Waals surface area contributed by atoms with Crippen LogP contribution < -0.4 is 0 Å². The number of pyridine rings is 1. The zero-order chi connectivity index (χ0) is 26.2. The Kier molecular flexibility index (Phi) is 4.33. The standard InChI is InChI=1S/C37H23N3/c1-2-10-27(11-3-1)40-32-18-15-24-8-4-7-13-29(24)35(32)36-30-16-14-25-20-21-39(37(25)31(30)17-19-33(36)40)34-23-38-22-26-9-5-6-12-28(26)34/h1-23H. The summed E-state index contributed by atoms with van der Waals surface area (Å²) in [4.78, 5) is 4.59. The van der Waals surface area contributed by atoms with Crippen molar-refractivity contribution in [3.8, 4) is 11.4 Å². The van der Waals surface area contributed by atoms with Gasteiger partial charge in [0.1, 0.15) is 0 Å². The largest absolute Gasteiger partial charge is 0.314 e. The molecule has 0 amide bonds. The van der Waals surface area contributed by atoms with Crippen LogP contribution in [0.4, 0.5) is 0 Å². The van der Waals surface area contributed by atoms with Crippen molar-refractivity contribution in [3.05, 3.63) is 140 Å².